The summed E-state index contributed by atoms with van der Waals surface area (Å²) in [6.07, 6.45) is 0. The molecule has 0 unspecified atom stereocenters. The molecule has 0 saturated carbocycles. The van der Waals surface area contributed by atoms with Gasteiger partial charge in [0.2, 0.25) is 10.0 Å². The highest BCUT2D eigenvalue weighted by Gasteiger charge is 2.42. The maximum absolute atomic E-state index is 13.2. The van der Waals surface area contributed by atoms with Gasteiger partial charge >= 0.3 is 0 Å². The highest BCUT2D eigenvalue weighted by molar-refractivity contribution is 7.89. The van der Waals surface area contributed by atoms with E-state index in [1.807, 2.05) is 0 Å². The Morgan fingerprint density at radius 1 is 1.48 bits per heavy atom. The first kappa shape index (κ1) is 15.9. The maximum Gasteiger partial charge on any atom is 0.253 e. The third-order valence-electron chi connectivity index (χ3n) is 3.38. The molecule has 0 radical (unpaired) electrons. The van der Waals surface area contributed by atoms with E-state index < -0.39 is 27.3 Å². The topological polar surface area (TPSA) is 75.7 Å². The summed E-state index contributed by atoms with van der Waals surface area (Å²) in [6.45, 7) is 1.62. The number of nitrogens with one attached hydrogen (secondary N) is 1. The lowest BCUT2D eigenvalue weighted by molar-refractivity contribution is -0.151. The molecule has 1 heterocycles. The monoisotopic (exact) mass is 316 g/mol. The molecule has 1 saturated heterocycles. The van der Waals surface area contributed by atoms with E-state index in [0.29, 0.717) is 0 Å². The predicted octanol–water partition coefficient (Wildman–Crippen LogP) is 0.351. The second-order valence-corrected chi connectivity index (χ2v) is 6.89. The van der Waals surface area contributed by atoms with Crippen LogP contribution < -0.4 is 5.32 Å². The Kier molecular flexibility index (Phi) is 4.31. The maximum atomic E-state index is 13.2. The number of rotatable bonds is 3. The standard InChI is InChI=1S/C13H17FN2O4S/c1-13(12(17)15-2)9-16(6-7-20-13)21(18,19)11-5-3-4-10(14)8-11/h3-5,8H,6-7,9H2,1-2H3,(H,15,17)/t13-/m1/s1. The van der Waals surface area contributed by atoms with Gasteiger partial charge in [0.15, 0.2) is 5.60 Å². The summed E-state index contributed by atoms with van der Waals surface area (Å²) >= 11 is 0. The quantitative estimate of drug-likeness (QED) is 0.873. The number of hydrogen-bond acceptors (Lipinski definition) is 4. The van der Waals surface area contributed by atoms with Crippen molar-refractivity contribution in [3.63, 3.8) is 0 Å². The number of carbonyl (C=O) groups is 1. The summed E-state index contributed by atoms with van der Waals surface area (Å²) in [7, 11) is -2.41. The van der Waals surface area contributed by atoms with Crippen LogP contribution >= 0.6 is 0 Å². The van der Waals surface area contributed by atoms with Crippen LogP contribution in [0.5, 0.6) is 0 Å². The molecule has 0 spiro atoms. The van der Waals surface area contributed by atoms with Gasteiger partial charge in [0.1, 0.15) is 5.82 Å². The second kappa shape index (κ2) is 5.70. The fourth-order valence-electron chi connectivity index (χ4n) is 2.22. The zero-order valence-electron chi connectivity index (χ0n) is 11.8. The number of benzene rings is 1. The highest BCUT2D eigenvalue weighted by Crippen LogP contribution is 2.24. The first-order valence-corrected chi connectivity index (χ1v) is 7.85. The van der Waals surface area contributed by atoms with Gasteiger partial charge in [-0.3, -0.25) is 4.79 Å². The Balaban J connectivity index is 2.31. The molecule has 116 valence electrons. The van der Waals surface area contributed by atoms with Gasteiger partial charge in [-0.1, -0.05) is 6.07 Å². The first-order valence-electron chi connectivity index (χ1n) is 6.41. The average molecular weight is 316 g/mol. The molecule has 8 heteroatoms. The number of halogens is 1. The summed E-state index contributed by atoms with van der Waals surface area (Å²) in [5, 5.41) is 2.45. The van der Waals surface area contributed by atoms with Crippen LogP contribution in [-0.4, -0.2) is 51.0 Å². The number of hydrogen-bond donors (Lipinski definition) is 1. The van der Waals surface area contributed by atoms with Crippen LogP contribution in [0.4, 0.5) is 4.39 Å². The smallest absolute Gasteiger partial charge is 0.253 e. The molecule has 2 rings (SSSR count). The van der Waals surface area contributed by atoms with Gasteiger partial charge in [0.05, 0.1) is 18.0 Å². The average Bonchev–Trinajstić information content (AvgIpc) is 2.46. The van der Waals surface area contributed by atoms with Crippen molar-refractivity contribution in [2.75, 3.05) is 26.7 Å². The number of morpholine rings is 1. The van der Waals surface area contributed by atoms with Crippen LogP contribution in [0.15, 0.2) is 29.2 Å². The van der Waals surface area contributed by atoms with E-state index in [1.165, 1.54) is 32.2 Å². The Morgan fingerprint density at radius 2 is 2.19 bits per heavy atom. The zero-order valence-corrected chi connectivity index (χ0v) is 12.6. The molecule has 1 aliphatic heterocycles. The van der Waals surface area contributed by atoms with E-state index in [-0.39, 0.29) is 24.6 Å². The van der Waals surface area contributed by atoms with E-state index in [4.69, 9.17) is 4.74 Å². The highest BCUT2D eigenvalue weighted by atomic mass is 32.2. The molecule has 6 nitrogen and oxygen atoms in total. The number of amides is 1. The molecule has 0 bridgehead atoms. The van der Waals surface area contributed by atoms with E-state index in [0.717, 1.165) is 10.4 Å². The van der Waals surface area contributed by atoms with E-state index in [1.54, 1.807) is 0 Å². The second-order valence-electron chi connectivity index (χ2n) is 4.95. The third-order valence-corrected chi connectivity index (χ3v) is 5.22. The van der Waals surface area contributed by atoms with Crippen molar-refractivity contribution in [3.8, 4) is 0 Å². The van der Waals surface area contributed by atoms with Gasteiger partial charge in [-0.15, -0.1) is 0 Å². The SMILES string of the molecule is CNC(=O)[C@@]1(C)CN(S(=O)(=O)c2cccc(F)c2)CCO1. The summed E-state index contributed by atoms with van der Waals surface area (Å²) in [6, 6.07) is 4.79. The van der Waals surface area contributed by atoms with Gasteiger partial charge in [-0.2, -0.15) is 4.31 Å². The Hall–Kier alpha value is -1.51. The van der Waals surface area contributed by atoms with Crippen LogP contribution in [0, 0.1) is 5.82 Å². The number of nitrogens with zero attached hydrogens (tertiary/aromatic N) is 1. The van der Waals surface area contributed by atoms with Crippen LogP contribution in [0.3, 0.4) is 0 Å². The molecule has 1 atom stereocenters. The number of ether oxygens (including phenoxy) is 1. The van der Waals surface area contributed by atoms with Gasteiger partial charge in [-0.25, -0.2) is 12.8 Å². The lowest BCUT2D eigenvalue weighted by Crippen LogP contribution is -2.58. The van der Waals surface area contributed by atoms with Crippen molar-refractivity contribution in [1.29, 1.82) is 0 Å². The normalized spacial score (nSPS) is 23.8. The van der Waals surface area contributed by atoms with Crippen molar-refractivity contribution in [2.45, 2.75) is 17.4 Å². The minimum absolute atomic E-state index is 0.0957. The Bertz CT molecular complexity index is 649. The Morgan fingerprint density at radius 3 is 2.81 bits per heavy atom. The van der Waals surface area contributed by atoms with Gasteiger partial charge < -0.3 is 10.1 Å². The van der Waals surface area contributed by atoms with Crippen LogP contribution in [-0.2, 0) is 19.6 Å². The predicted molar refractivity (Wildman–Crippen MR) is 73.6 cm³/mol. The molecular formula is C13H17FN2O4S. The van der Waals surface area contributed by atoms with Gasteiger partial charge in [0.25, 0.3) is 5.91 Å². The summed E-state index contributed by atoms with van der Waals surface area (Å²) in [5.74, 6) is -1.03. The number of sulfonamides is 1. The van der Waals surface area contributed by atoms with Crippen molar-refractivity contribution in [3.05, 3.63) is 30.1 Å². The molecular weight excluding hydrogens is 299 g/mol. The molecule has 0 aromatic heterocycles. The number of likely N-dealkylation sites (N-methyl/N-ethyl adjacent to an activating group) is 1. The molecule has 1 aromatic carbocycles. The largest absolute Gasteiger partial charge is 0.363 e. The summed E-state index contributed by atoms with van der Waals surface area (Å²) in [5.41, 5.74) is -1.26. The first-order chi connectivity index (χ1) is 9.79. The van der Waals surface area contributed by atoms with E-state index in [9.17, 15) is 17.6 Å². The van der Waals surface area contributed by atoms with Crippen molar-refractivity contribution >= 4 is 15.9 Å². The summed E-state index contributed by atoms with van der Waals surface area (Å²) < 4.78 is 44.8. The lowest BCUT2D eigenvalue weighted by atomic mass is 10.0. The molecule has 1 fully saturated rings. The van der Waals surface area contributed by atoms with E-state index in [2.05, 4.69) is 5.32 Å². The molecule has 21 heavy (non-hydrogen) atoms. The van der Waals surface area contributed by atoms with Crippen LogP contribution in [0.1, 0.15) is 6.92 Å². The van der Waals surface area contributed by atoms with Crippen molar-refractivity contribution < 1.29 is 22.3 Å². The minimum Gasteiger partial charge on any atom is -0.363 e. The number of carbonyl (C=O) groups excluding carboxylic acids is 1. The minimum atomic E-state index is -3.86. The molecule has 1 aromatic rings. The Labute approximate surface area is 122 Å². The molecule has 0 aliphatic carbocycles. The van der Waals surface area contributed by atoms with Gasteiger partial charge in [-0.05, 0) is 25.1 Å². The molecule has 1 N–H and O–H groups in total. The lowest BCUT2D eigenvalue weighted by Gasteiger charge is -2.38. The van der Waals surface area contributed by atoms with Gasteiger partial charge in [0, 0.05) is 13.6 Å². The van der Waals surface area contributed by atoms with Crippen LogP contribution in [0.25, 0.3) is 0 Å². The fraction of sp³-hybridized carbons (Fsp3) is 0.462. The van der Waals surface area contributed by atoms with E-state index >= 15 is 0 Å². The zero-order chi connectivity index (χ0) is 15.7. The molecule has 1 amide bonds. The fourth-order valence-corrected chi connectivity index (χ4v) is 3.76. The third kappa shape index (κ3) is 3.07. The van der Waals surface area contributed by atoms with Crippen LogP contribution in [0.2, 0.25) is 0 Å². The van der Waals surface area contributed by atoms with Crippen molar-refractivity contribution in [2.24, 2.45) is 0 Å². The summed E-state index contributed by atoms with van der Waals surface area (Å²) in [4.78, 5) is 11.7. The molecule has 1 aliphatic rings. The van der Waals surface area contributed by atoms with Crippen molar-refractivity contribution in [1.82, 2.24) is 9.62 Å².